The van der Waals surface area contributed by atoms with Crippen molar-refractivity contribution in [3.05, 3.63) is 59.7 Å². The molecule has 4 rings (SSSR count). The van der Waals surface area contributed by atoms with Gasteiger partial charge in [0.1, 0.15) is 0 Å². The van der Waals surface area contributed by atoms with Crippen molar-refractivity contribution in [2.45, 2.75) is 8.91 Å². The Labute approximate surface area is 150 Å². The van der Waals surface area contributed by atoms with Crippen molar-refractivity contribution in [2.24, 2.45) is 0 Å². The molecule has 1 fully saturated rings. The Hall–Kier alpha value is -2.10. The minimum absolute atomic E-state index is 0.175. The number of carbonyl (C=O) groups excluding carboxylic acids is 1. The monoisotopic (exact) mass is 399 g/mol. The van der Waals surface area contributed by atoms with Crippen LogP contribution in [0.25, 0.3) is 11.1 Å². The van der Waals surface area contributed by atoms with Crippen LogP contribution < -0.4 is 5.32 Å². The first kappa shape index (κ1) is 16.4. The molecule has 0 spiro atoms. The fourth-order valence-corrected chi connectivity index (χ4v) is 10.2. The molecule has 128 valence electrons. The normalized spacial score (nSPS) is 18.6. The number of aliphatic carboxylic acids is 1. The Kier molecular flexibility index (Phi) is 3.93. The topological polar surface area (TPSA) is 75.6 Å². The molecule has 5 nitrogen and oxygen atoms in total. The second-order valence-electron chi connectivity index (χ2n) is 6.36. The summed E-state index contributed by atoms with van der Waals surface area (Å²) in [5, 5.41) is 13.0. The molecule has 0 saturated carbocycles. The van der Waals surface area contributed by atoms with Gasteiger partial charge in [-0.05, 0) is 0 Å². The second-order valence-corrected chi connectivity index (χ2v) is 11.6. The van der Waals surface area contributed by atoms with Gasteiger partial charge in [-0.1, -0.05) is 0 Å². The molecule has 0 radical (unpaired) electrons. The van der Waals surface area contributed by atoms with Gasteiger partial charge in [-0.2, -0.15) is 0 Å². The number of ether oxygens (including phenoxy) is 1. The zero-order chi connectivity index (χ0) is 17.6. The molecule has 0 aromatic heterocycles. The molecular formula is C19H18AsNO4. The van der Waals surface area contributed by atoms with Crippen LogP contribution in [0.2, 0.25) is 4.20 Å². The summed E-state index contributed by atoms with van der Waals surface area (Å²) in [5.41, 5.74) is 4.31. The number of carboxylic acids is 1. The van der Waals surface area contributed by atoms with Crippen molar-refractivity contribution in [2.75, 3.05) is 20.2 Å². The molecule has 2 aromatic carbocycles. The molecule has 1 heterocycles. The number of rotatable bonds is 4. The van der Waals surface area contributed by atoms with Crippen LogP contribution in [-0.4, -0.2) is 50.7 Å². The van der Waals surface area contributed by atoms with Gasteiger partial charge < -0.3 is 0 Å². The summed E-state index contributed by atoms with van der Waals surface area (Å²) >= 11 is -2.67. The van der Waals surface area contributed by atoms with Gasteiger partial charge in [0.05, 0.1) is 0 Å². The van der Waals surface area contributed by atoms with Gasteiger partial charge in [0.2, 0.25) is 0 Å². The van der Waals surface area contributed by atoms with E-state index in [2.05, 4.69) is 5.32 Å². The zero-order valence-corrected chi connectivity index (χ0v) is 15.6. The SMILES string of the molecule is COC(=O)[As](C1c2ccccc2-c2ccccc21)C1(C(=O)O)CNC1. The summed E-state index contributed by atoms with van der Waals surface area (Å²) in [6.45, 7) is 0.663. The molecule has 0 bridgehead atoms. The molecule has 0 amide bonds. The van der Waals surface area contributed by atoms with Crippen molar-refractivity contribution >= 4 is 25.4 Å². The number of fused-ring (bicyclic) bond motifs is 3. The first-order valence-electron chi connectivity index (χ1n) is 8.10. The van der Waals surface area contributed by atoms with Crippen molar-refractivity contribution in [3.63, 3.8) is 0 Å². The number of methoxy groups -OCH3 is 1. The Bertz CT molecular complexity index is 817. The molecule has 1 unspecified atom stereocenters. The quantitative estimate of drug-likeness (QED) is 0.774. The average Bonchev–Trinajstić information content (AvgIpc) is 2.91. The van der Waals surface area contributed by atoms with E-state index in [1.807, 2.05) is 48.5 Å². The molecular weight excluding hydrogens is 381 g/mol. The first-order valence-corrected chi connectivity index (χ1v) is 11.1. The summed E-state index contributed by atoms with van der Waals surface area (Å²) in [7, 11) is 1.36. The molecule has 25 heavy (non-hydrogen) atoms. The van der Waals surface area contributed by atoms with E-state index in [1.54, 1.807) is 0 Å². The van der Waals surface area contributed by atoms with Crippen LogP contribution in [0.15, 0.2) is 48.5 Å². The van der Waals surface area contributed by atoms with Gasteiger partial charge in [-0.15, -0.1) is 0 Å². The summed E-state index contributed by atoms with van der Waals surface area (Å²) < 4.78 is 3.62. The number of hydrogen-bond donors (Lipinski definition) is 2. The van der Waals surface area contributed by atoms with Gasteiger partial charge in [-0.25, -0.2) is 0 Å². The summed E-state index contributed by atoms with van der Waals surface area (Å²) in [4.78, 5) is 24.9. The Balaban J connectivity index is 1.94. The van der Waals surface area contributed by atoms with Gasteiger partial charge in [0.15, 0.2) is 0 Å². The standard InChI is InChI=1S/C19H18AsNO4/c1-25-18(24)20(19(17(22)23)10-21-11-19)16-14-8-4-2-6-12(14)13-7-3-5-9-15(13)16/h2-9,16,21H,10-11H2,1H3,(H,22,23). The van der Waals surface area contributed by atoms with E-state index in [1.165, 1.54) is 7.11 Å². The van der Waals surface area contributed by atoms with Crippen LogP contribution in [0.5, 0.6) is 0 Å². The third-order valence-electron chi connectivity index (χ3n) is 5.12. The maximum atomic E-state index is 12.8. The first-order chi connectivity index (χ1) is 12.1. The van der Waals surface area contributed by atoms with E-state index in [9.17, 15) is 14.7 Å². The van der Waals surface area contributed by atoms with E-state index in [-0.39, 0.29) is 9.46 Å². The Morgan fingerprint density at radius 3 is 2.00 bits per heavy atom. The summed E-state index contributed by atoms with van der Waals surface area (Å²) in [5.74, 6) is -0.890. The van der Waals surface area contributed by atoms with Gasteiger partial charge in [0.25, 0.3) is 0 Å². The Morgan fingerprint density at radius 1 is 1.08 bits per heavy atom. The van der Waals surface area contributed by atoms with Crippen LogP contribution in [0.4, 0.5) is 4.79 Å². The van der Waals surface area contributed by atoms with Crippen LogP contribution in [0.3, 0.4) is 0 Å². The Morgan fingerprint density at radius 2 is 1.60 bits per heavy atom. The number of benzene rings is 2. The molecule has 1 aliphatic carbocycles. The molecule has 2 aliphatic rings. The zero-order valence-electron chi connectivity index (χ0n) is 13.7. The van der Waals surface area contributed by atoms with Crippen LogP contribution >= 0.6 is 0 Å². The third kappa shape index (κ3) is 2.26. The third-order valence-corrected chi connectivity index (χ3v) is 11.6. The molecule has 1 aliphatic heterocycles. The van der Waals surface area contributed by atoms with Crippen molar-refractivity contribution < 1.29 is 19.4 Å². The second kappa shape index (κ2) is 6.01. The predicted molar refractivity (Wildman–Crippen MR) is 95.1 cm³/mol. The fourth-order valence-electron chi connectivity index (χ4n) is 3.82. The van der Waals surface area contributed by atoms with Gasteiger partial charge in [0, 0.05) is 0 Å². The minimum atomic E-state index is -2.67. The molecule has 1 saturated heterocycles. The predicted octanol–water partition coefficient (Wildman–Crippen LogP) is 2.61. The molecule has 2 aromatic rings. The molecule has 6 heteroatoms. The molecule has 1 atom stereocenters. The molecule has 2 N–H and O–H groups in total. The van der Waals surface area contributed by atoms with E-state index in [0.717, 1.165) is 22.3 Å². The fraction of sp³-hybridized carbons (Fsp3) is 0.263. The van der Waals surface area contributed by atoms with E-state index in [4.69, 9.17) is 4.74 Å². The van der Waals surface area contributed by atoms with Crippen molar-refractivity contribution in [1.82, 2.24) is 5.32 Å². The van der Waals surface area contributed by atoms with Crippen LogP contribution in [0, 0.1) is 0 Å². The van der Waals surface area contributed by atoms with Crippen molar-refractivity contribution in [1.29, 1.82) is 0 Å². The van der Waals surface area contributed by atoms with E-state index < -0.39 is 24.8 Å². The van der Waals surface area contributed by atoms with Gasteiger partial charge in [-0.3, -0.25) is 0 Å². The van der Waals surface area contributed by atoms with Crippen LogP contribution in [-0.2, 0) is 9.53 Å². The number of carbonyl (C=O) groups is 2. The number of carboxylic acid groups (broad SMARTS) is 1. The van der Waals surface area contributed by atoms with Crippen molar-refractivity contribution in [3.8, 4) is 11.1 Å². The number of nitrogens with one attached hydrogen (secondary N) is 1. The van der Waals surface area contributed by atoms with E-state index in [0.29, 0.717) is 13.1 Å². The number of hydrogen-bond acceptors (Lipinski definition) is 4. The summed E-state index contributed by atoms with van der Waals surface area (Å²) in [6, 6.07) is 16.0. The van der Waals surface area contributed by atoms with Crippen LogP contribution in [0.1, 0.15) is 15.8 Å². The summed E-state index contributed by atoms with van der Waals surface area (Å²) in [6.07, 6.45) is 0. The van der Waals surface area contributed by atoms with E-state index >= 15 is 0 Å². The average molecular weight is 399 g/mol. The maximum absolute atomic E-state index is 12.8. The van der Waals surface area contributed by atoms with Gasteiger partial charge >= 0.3 is 150 Å².